The summed E-state index contributed by atoms with van der Waals surface area (Å²) in [6, 6.07) is 0. The fourth-order valence-corrected chi connectivity index (χ4v) is 3.29. The monoisotopic (exact) mass is 392 g/mol. The second-order valence-electron chi connectivity index (χ2n) is 6.76. The quantitative estimate of drug-likeness (QED) is 0.724. The van der Waals surface area contributed by atoms with Crippen LogP contribution in [0.25, 0.3) is 0 Å². The van der Waals surface area contributed by atoms with Gasteiger partial charge in [0.15, 0.2) is 5.82 Å². The van der Waals surface area contributed by atoms with Crippen molar-refractivity contribution in [2.75, 3.05) is 26.2 Å². The van der Waals surface area contributed by atoms with Gasteiger partial charge >= 0.3 is 0 Å². The number of aryl methyl sites for hydroxylation is 3. The first-order valence-electron chi connectivity index (χ1n) is 9.32. The minimum absolute atomic E-state index is 0.204. The number of aromatic amines is 1. The average Bonchev–Trinajstić information content (AvgIpc) is 3.11. The van der Waals surface area contributed by atoms with Gasteiger partial charge < -0.3 is 14.5 Å². The van der Waals surface area contributed by atoms with Crippen molar-refractivity contribution in [3.8, 4) is 0 Å². The Balaban J connectivity index is 0.000000878. The topological polar surface area (TPSA) is 128 Å². The van der Waals surface area contributed by atoms with Crippen molar-refractivity contribution in [3.05, 3.63) is 28.7 Å². The van der Waals surface area contributed by atoms with Gasteiger partial charge in [-0.15, -0.1) is 0 Å². The van der Waals surface area contributed by atoms with E-state index < -0.39 is 0 Å². The number of carbonyl (C=O) groups excluding carboxylic acids is 1. The average molecular weight is 392 g/mol. The molecule has 0 spiro atoms. The van der Waals surface area contributed by atoms with Crippen molar-refractivity contribution >= 4 is 12.4 Å². The Labute approximate surface area is 163 Å². The van der Waals surface area contributed by atoms with Crippen molar-refractivity contribution in [1.29, 1.82) is 0 Å². The number of rotatable bonds is 5. The molecule has 154 valence electrons. The fraction of sp³-hybridized carbons (Fsp3) is 0.611. The van der Waals surface area contributed by atoms with Gasteiger partial charge in [0.25, 0.3) is 6.47 Å². The number of H-pyrrole nitrogens is 1. The molecule has 0 aromatic carbocycles. The van der Waals surface area contributed by atoms with E-state index in [0.717, 1.165) is 67.8 Å². The molecule has 28 heavy (non-hydrogen) atoms. The number of nitrogens with one attached hydrogen (secondary N) is 1. The van der Waals surface area contributed by atoms with Crippen molar-refractivity contribution < 1.29 is 19.2 Å². The first-order chi connectivity index (χ1) is 13.4. The van der Waals surface area contributed by atoms with Gasteiger partial charge in [0.2, 0.25) is 5.91 Å². The molecule has 1 amide bonds. The molecule has 2 aromatic rings. The van der Waals surface area contributed by atoms with E-state index in [0.29, 0.717) is 12.8 Å². The molecule has 2 aromatic heterocycles. The molecule has 2 N–H and O–H groups in total. The molecule has 10 nitrogen and oxygen atoms in total. The lowest BCUT2D eigenvalue weighted by atomic mass is 10.1. The normalized spacial score (nSPS) is 14.9. The van der Waals surface area contributed by atoms with Crippen LogP contribution < -0.4 is 0 Å². The lowest BCUT2D eigenvalue weighted by molar-refractivity contribution is -0.131. The van der Waals surface area contributed by atoms with Crippen LogP contribution in [0.3, 0.4) is 0 Å². The Morgan fingerprint density at radius 1 is 1.25 bits per heavy atom. The van der Waals surface area contributed by atoms with Gasteiger partial charge in [0.1, 0.15) is 11.6 Å². The van der Waals surface area contributed by atoms with Crippen LogP contribution >= 0.6 is 0 Å². The molecular formula is C18H28N6O4. The second-order valence-corrected chi connectivity index (χ2v) is 6.76. The predicted octanol–water partition coefficient (Wildman–Crippen LogP) is 1.09. The molecule has 0 aliphatic carbocycles. The fourth-order valence-electron chi connectivity index (χ4n) is 3.29. The minimum atomic E-state index is -0.250. The number of amides is 1. The summed E-state index contributed by atoms with van der Waals surface area (Å²) in [5, 5.41) is 17.9. The van der Waals surface area contributed by atoms with E-state index in [1.165, 1.54) is 0 Å². The first-order valence-corrected chi connectivity index (χ1v) is 9.32. The smallest absolute Gasteiger partial charge is 0.290 e. The summed E-state index contributed by atoms with van der Waals surface area (Å²) in [6.45, 7) is 9.57. The van der Waals surface area contributed by atoms with Crippen LogP contribution in [0.1, 0.15) is 41.5 Å². The molecule has 0 radical (unpaired) electrons. The highest BCUT2D eigenvalue weighted by Crippen LogP contribution is 2.15. The van der Waals surface area contributed by atoms with Crippen LogP contribution in [0.2, 0.25) is 0 Å². The Hall–Kier alpha value is -2.75. The van der Waals surface area contributed by atoms with E-state index in [1.54, 1.807) is 0 Å². The molecule has 1 aliphatic heterocycles. The summed E-state index contributed by atoms with van der Waals surface area (Å²) in [4.78, 5) is 29.6. The van der Waals surface area contributed by atoms with E-state index in [4.69, 9.17) is 14.4 Å². The zero-order valence-electron chi connectivity index (χ0n) is 16.6. The zero-order valence-corrected chi connectivity index (χ0v) is 16.6. The van der Waals surface area contributed by atoms with Crippen molar-refractivity contribution in [2.24, 2.45) is 0 Å². The summed E-state index contributed by atoms with van der Waals surface area (Å²) in [6.07, 6.45) is 2.17. The van der Waals surface area contributed by atoms with Crippen LogP contribution in [0.4, 0.5) is 0 Å². The Kier molecular flexibility index (Phi) is 8.12. The predicted molar refractivity (Wildman–Crippen MR) is 101 cm³/mol. The maximum Gasteiger partial charge on any atom is 0.290 e. The summed E-state index contributed by atoms with van der Waals surface area (Å²) in [5.74, 6) is 2.67. The Bertz CT molecular complexity index is 752. The van der Waals surface area contributed by atoms with E-state index in [-0.39, 0.29) is 12.4 Å². The van der Waals surface area contributed by atoms with Gasteiger partial charge in [0.05, 0.1) is 12.2 Å². The van der Waals surface area contributed by atoms with Gasteiger partial charge in [0, 0.05) is 38.2 Å². The van der Waals surface area contributed by atoms with Gasteiger partial charge in [-0.3, -0.25) is 19.6 Å². The van der Waals surface area contributed by atoms with E-state index in [2.05, 4.69) is 25.2 Å². The number of carbonyl (C=O) groups is 2. The summed E-state index contributed by atoms with van der Waals surface area (Å²) >= 11 is 0. The molecule has 1 saturated heterocycles. The number of carboxylic acid groups (broad SMARTS) is 1. The Morgan fingerprint density at radius 2 is 2.00 bits per heavy atom. The summed E-state index contributed by atoms with van der Waals surface area (Å²) in [5.41, 5.74) is 1.94. The maximum absolute atomic E-state index is 12.6. The largest absolute Gasteiger partial charge is 0.483 e. The molecule has 0 bridgehead atoms. The molecule has 3 rings (SSSR count). The SMILES string of the molecule is Cc1nc(CN2CCCN(C(=O)CCc3c(C)noc3C)CC2)n[nH]1.O=CO. The van der Waals surface area contributed by atoms with Crippen molar-refractivity contribution in [2.45, 2.75) is 46.6 Å². The lowest BCUT2D eigenvalue weighted by Gasteiger charge is -2.21. The second kappa shape index (κ2) is 10.5. The van der Waals surface area contributed by atoms with Gasteiger partial charge in [-0.2, -0.15) is 5.10 Å². The van der Waals surface area contributed by atoms with Crippen LogP contribution in [0.5, 0.6) is 0 Å². The third-order valence-corrected chi connectivity index (χ3v) is 4.72. The van der Waals surface area contributed by atoms with Crippen LogP contribution in [-0.4, -0.2) is 73.8 Å². The van der Waals surface area contributed by atoms with Crippen LogP contribution in [0.15, 0.2) is 4.52 Å². The number of aromatic nitrogens is 4. The zero-order chi connectivity index (χ0) is 20.5. The van der Waals surface area contributed by atoms with Crippen molar-refractivity contribution in [1.82, 2.24) is 30.1 Å². The molecular weight excluding hydrogens is 364 g/mol. The van der Waals surface area contributed by atoms with Crippen LogP contribution in [-0.2, 0) is 22.6 Å². The van der Waals surface area contributed by atoms with Gasteiger partial charge in [-0.25, -0.2) is 4.98 Å². The molecule has 0 unspecified atom stereocenters. The first kappa shape index (κ1) is 21.5. The molecule has 0 atom stereocenters. The summed E-state index contributed by atoms with van der Waals surface area (Å²) < 4.78 is 5.17. The highest BCUT2D eigenvalue weighted by Gasteiger charge is 2.21. The molecule has 10 heteroatoms. The number of hydrogen-bond acceptors (Lipinski definition) is 7. The molecule has 1 aliphatic rings. The third kappa shape index (κ3) is 6.15. The minimum Gasteiger partial charge on any atom is -0.483 e. The Morgan fingerprint density at radius 3 is 2.61 bits per heavy atom. The van der Waals surface area contributed by atoms with Gasteiger partial charge in [-0.1, -0.05) is 5.16 Å². The van der Waals surface area contributed by atoms with E-state index >= 15 is 0 Å². The molecule has 1 fully saturated rings. The maximum atomic E-state index is 12.6. The van der Waals surface area contributed by atoms with Crippen LogP contribution in [0, 0.1) is 20.8 Å². The van der Waals surface area contributed by atoms with Crippen molar-refractivity contribution in [3.63, 3.8) is 0 Å². The third-order valence-electron chi connectivity index (χ3n) is 4.72. The van der Waals surface area contributed by atoms with E-state index in [9.17, 15) is 4.79 Å². The number of hydrogen-bond donors (Lipinski definition) is 2. The standard InChI is InChI=1S/C17H26N6O2.CH2O2/c1-12-15(13(2)25-21-12)5-6-17(24)23-8-4-7-22(9-10-23)11-16-18-14(3)19-20-16;2-1-3/h4-11H2,1-3H3,(H,18,19,20);1H,(H,2,3). The highest BCUT2D eigenvalue weighted by molar-refractivity contribution is 5.76. The highest BCUT2D eigenvalue weighted by atomic mass is 16.5. The number of nitrogens with zero attached hydrogens (tertiary/aromatic N) is 5. The molecule has 0 saturated carbocycles. The lowest BCUT2D eigenvalue weighted by Crippen LogP contribution is -2.35. The van der Waals surface area contributed by atoms with E-state index in [1.807, 2.05) is 25.7 Å². The summed E-state index contributed by atoms with van der Waals surface area (Å²) in [7, 11) is 0. The van der Waals surface area contributed by atoms with Gasteiger partial charge in [-0.05, 0) is 33.6 Å². The molecule has 3 heterocycles.